The van der Waals surface area contributed by atoms with Crippen LogP contribution >= 0.6 is 11.3 Å². The van der Waals surface area contributed by atoms with Crippen molar-refractivity contribution >= 4 is 22.4 Å². The van der Waals surface area contributed by atoms with Crippen LogP contribution in [0.4, 0.5) is 5.13 Å². The van der Waals surface area contributed by atoms with Crippen LogP contribution in [-0.2, 0) is 4.79 Å². The molecular weight excluding hydrogens is 260 g/mol. The maximum absolute atomic E-state index is 12.0. The maximum atomic E-state index is 12.0. The average molecular weight is 280 g/mol. The van der Waals surface area contributed by atoms with Crippen LogP contribution in [0.25, 0.3) is 0 Å². The van der Waals surface area contributed by atoms with Crippen molar-refractivity contribution in [3.05, 3.63) is 5.01 Å². The van der Waals surface area contributed by atoms with Gasteiger partial charge in [-0.1, -0.05) is 25.2 Å². The number of anilines is 1. The number of rotatable bonds is 3. The van der Waals surface area contributed by atoms with Crippen LogP contribution in [0.1, 0.15) is 37.6 Å². The van der Waals surface area contributed by atoms with E-state index in [0.29, 0.717) is 17.7 Å². The Hall–Kier alpha value is -1.17. The van der Waals surface area contributed by atoms with E-state index in [1.165, 1.54) is 0 Å². The summed E-state index contributed by atoms with van der Waals surface area (Å²) >= 11 is 1.68. The van der Waals surface area contributed by atoms with Gasteiger partial charge in [0.1, 0.15) is 5.01 Å². The van der Waals surface area contributed by atoms with E-state index in [9.17, 15) is 4.79 Å². The van der Waals surface area contributed by atoms with E-state index in [1.807, 2.05) is 4.90 Å². The predicted octanol–water partition coefficient (Wildman–Crippen LogP) is 1.72. The van der Waals surface area contributed by atoms with Crippen molar-refractivity contribution in [3.63, 3.8) is 0 Å². The zero-order valence-electron chi connectivity index (χ0n) is 11.5. The summed E-state index contributed by atoms with van der Waals surface area (Å²) in [5.41, 5.74) is 0. The number of piperazine rings is 1. The molecule has 1 aromatic heterocycles. The summed E-state index contributed by atoms with van der Waals surface area (Å²) in [5.74, 6) is 1.13. The van der Waals surface area contributed by atoms with E-state index in [-0.39, 0.29) is 0 Å². The molecule has 1 aliphatic carbocycles. The number of hydrogen-bond donors (Lipinski definition) is 0. The summed E-state index contributed by atoms with van der Waals surface area (Å²) in [6.45, 7) is 7.68. The third-order valence-electron chi connectivity index (χ3n) is 3.71. The Morgan fingerprint density at radius 1 is 1.21 bits per heavy atom. The molecule has 2 aliphatic rings. The smallest absolute Gasteiger partial charge is 0.225 e. The Labute approximate surface area is 117 Å². The van der Waals surface area contributed by atoms with Crippen molar-refractivity contribution < 1.29 is 4.79 Å². The lowest BCUT2D eigenvalue weighted by Gasteiger charge is -2.34. The van der Waals surface area contributed by atoms with Crippen LogP contribution in [0.15, 0.2) is 0 Å². The van der Waals surface area contributed by atoms with E-state index in [1.54, 1.807) is 11.3 Å². The fraction of sp³-hybridized carbons (Fsp3) is 0.769. The largest absolute Gasteiger partial charge is 0.343 e. The van der Waals surface area contributed by atoms with Gasteiger partial charge in [-0.05, 0) is 12.8 Å². The van der Waals surface area contributed by atoms with Crippen LogP contribution in [-0.4, -0.2) is 47.2 Å². The number of nitrogens with zero attached hydrogens (tertiary/aromatic N) is 4. The number of aromatic nitrogens is 2. The molecule has 0 spiro atoms. The van der Waals surface area contributed by atoms with E-state index in [0.717, 1.165) is 49.2 Å². The summed E-state index contributed by atoms with van der Waals surface area (Å²) in [6, 6.07) is 0. The molecule has 3 rings (SSSR count). The zero-order chi connectivity index (χ0) is 13.4. The minimum Gasteiger partial charge on any atom is -0.343 e. The van der Waals surface area contributed by atoms with Gasteiger partial charge in [0.05, 0.1) is 0 Å². The van der Waals surface area contributed by atoms with Gasteiger partial charge < -0.3 is 9.80 Å². The van der Waals surface area contributed by atoms with Gasteiger partial charge in [-0.15, -0.1) is 10.2 Å². The molecule has 0 aromatic carbocycles. The lowest BCUT2D eigenvalue weighted by Crippen LogP contribution is -2.49. The standard InChI is InChI=1S/C13H20N4OS/c1-9(2)11-14-15-13(19-11)17-7-5-16(6-8-17)12(18)10-3-4-10/h9-10H,3-8H2,1-2H3. The average Bonchev–Trinajstić information content (AvgIpc) is 3.14. The predicted molar refractivity (Wildman–Crippen MR) is 75.5 cm³/mol. The highest BCUT2D eigenvalue weighted by atomic mass is 32.1. The third kappa shape index (κ3) is 2.73. The van der Waals surface area contributed by atoms with Gasteiger partial charge in [0, 0.05) is 38.0 Å². The Morgan fingerprint density at radius 2 is 1.89 bits per heavy atom. The van der Waals surface area contributed by atoms with E-state index >= 15 is 0 Å². The van der Waals surface area contributed by atoms with Crippen LogP contribution in [0.3, 0.4) is 0 Å². The first-order chi connectivity index (χ1) is 9.15. The van der Waals surface area contributed by atoms with Crippen molar-refractivity contribution in [2.75, 3.05) is 31.1 Å². The van der Waals surface area contributed by atoms with Crippen LogP contribution in [0, 0.1) is 5.92 Å². The van der Waals surface area contributed by atoms with Crippen molar-refractivity contribution in [3.8, 4) is 0 Å². The minimum absolute atomic E-state index is 0.334. The molecule has 0 unspecified atom stereocenters. The molecule has 5 nitrogen and oxygen atoms in total. The second kappa shape index (κ2) is 5.07. The van der Waals surface area contributed by atoms with Gasteiger partial charge in [-0.3, -0.25) is 4.79 Å². The molecule has 19 heavy (non-hydrogen) atoms. The first-order valence-electron chi connectivity index (χ1n) is 7.02. The monoisotopic (exact) mass is 280 g/mol. The molecule has 1 saturated carbocycles. The molecule has 1 saturated heterocycles. The topological polar surface area (TPSA) is 49.3 Å². The lowest BCUT2D eigenvalue weighted by atomic mass is 10.2. The molecule has 0 N–H and O–H groups in total. The summed E-state index contributed by atoms with van der Waals surface area (Å²) in [7, 11) is 0. The molecule has 1 aromatic rings. The molecule has 6 heteroatoms. The van der Waals surface area contributed by atoms with Gasteiger partial charge in [0.2, 0.25) is 11.0 Å². The van der Waals surface area contributed by atoms with Crippen LogP contribution < -0.4 is 4.90 Å². The van der Waals surface area contributed by atoms with Gasteiger partial charge in [0.15, 0.2) is 0 Å². The van der Waals surface area contributed by atoms with Crippen molar-refractivity contribution in [1.29, 1.82) is 0 Å². The van der Waals surface area contributed by atoms with Crippen molar-refractivity contribution in [1.82, 2.24) is 15.1 Å². The number of amides is 1. The van der Waals surface area contributed by atoms with Gasteiger partial charge in [-0.2, -0.15) is 0 Å². The minimum atomic E-state index is 0.334. The van der Waals surface area contributed by atoms with Crippen LogP contribution in [0.2, 0.25) is 0 Å². The Morgan fingerprint density at radius 3 is 2.42 bits per heavy atom. The molecule has 1 amide bonds. The molecule has 0 bridgehead atoms. The molecule has 0 atom stereocenters. The molecular formula is C13H20N4OS. The van der Waals surface area contributed by atoms with Gasteiger partial charge in [0.25, 0.3) is 0 Å². The highest BCUT2D eigenvalue weighted by molar-refractivity contribution is 7.15. The fourth-order valence-electron chi connectivity index (χ4n) is 2.29. The first-order valence-corrected chi connectivity index (χ1v) is 7.84. The SMILES string of the molecule is CC(C)c1nnc(N2CCN(C(=O)C3CC3)CC2)s1. The number of carbonyl (C=O) groups excluding carboxylic acids is 1. The lowest BCUT2D eigenvalue weighted by molar-refractivity contribution is -0.132. The molecule has 1 aliphatic heterocycles. The van der Waals surface area contributed by atoms with E-state index in [2.05, 4.69) is 28.9 Å². The Balaban J connectivity index is 1.58. The zero-order valence-corrected chi connectivity index (χ0v) is 12.3. The molecule has 2 heterocycles. The Bertz CT molecular complexity index is 461. The molecule has 2 fully saturated rings. The second-order valence-electron chi connectivity index (χ2n) is 5.66. The number of hydrogen-bond acceptors (Lipinski definition) is 5. The first kappa shape index (κ1) is 12.8. The highest BCUT2D eigenvalue weighted by Crippen LogP contribution is 2.32. The summed E-state index contributed by atoms with van der Waals surface area (Å²) < 4.78 is 0. The van der Waals surface area contributed by atoms with Crippen LogP contribution in [0.5, 0.6) is 0 Å². The van der Waals surface area contributed by atoms with E-state index in [4.69, 9.17) is 0 Å². The van der Waals surface area contributed by atoms with Gasteiger partial charge >= 0.3 is 0 Å². The summed E-state index contributed by atoms with van der Waals surface area (Å²) in [4.78, 5) is 16.2. The third-order valence-corrected chi connectivity index (χ3v) is 5.00. The van der Waals surface area contributed by atoms with Gasteiger partial charge in [-0.25, -0.2) is 0 Å². The summed E-state index contributed by atoms with van der Waals surface area (Å²) in [5, 5.41) is 10.6. The van der Waals surface area contributed by atoms with Crippen molar-refractivity contribution in [2.24, 2.45) is 5.92 Å². The molecule has 104 valence electrons. The highest BCUT2D eigenvalue weighted by Gasteiger charge is 2.34. The fourth-order valence-corrected chi connectivity index (χ4v) is 3.19. The van der Waals surface area contributed by atoms with Crippen molar-refractivity contribution in [2.45, 2.75) is 32.6 Å². The second-order valence-corrected chi connectivity index (χ2v) is 6.65. The Kier molecular flexibility index (Phi) is 3.43. The van der Waals surface area contributed by atoms with E-state index < -0.39 is 0 Å². The maximum Gasteiger partial charge on any atom is 0.225 e. The normalized spacial score (nSPS) is 20.2. The number of carbonyl (C=O) groups is 1. The quantitative estimate of drug-likeness (QED) is 0.846. The summed E-state index contributed by atoms with van der Waals surface area (Å²) in [6.07, 6.45) is 2.18. The molecule has 0 radical (unpaired) electrons.